The van der Waals surface area contributed by atoms with E-state index < -0.39 is 5.82 Å². The zero-order chi connectivity index (χ0) is 26.4. The Bertz CT molecular complexity index is 1280. The second kappa shape index (κ2) is 12.3. The Hall–Kier alpha value is -3.29. The molecule has 0 saturated heterocycles. The molecule has 8 heteroatoms. The second-order valence-corrected chi connectivity index (χ2v) is 10.1. The topological polar surface area (TPSA) is 87.1 Å². The van der Waals surface area contributed by atoms with Gasteiger partial charge in [-0.25, -0.2) is 4.39 Å². The molecule has 6 nitrogen and oxygen atoms in total. The number of nitrogens with zero attached hydrogens (tertiary/aromatic N) is 2. The van der Waals surface area contributed by atoms with Gasteiger partial charge in [0, 0.05) is 40.4 Å². The number of aromatic nitrogens is 2. The van der Waals surface area contributed by atoms with Crippen molar-refractivity contribution >= 4 is 34.5 Å². The minimum atomic E-state index is -0.442. The first-order valence-corrected chi connectivity index (χ1v) is 13.0. The Morgan fingerprint density at radius 2 is 1.95 bits per heavy atom. The van der Waals surface area contributed by atoms with Crippen molar-refractivity contribution in [2.75, 3.05) is 11.9 Å². The summed E-state index contributed by atoms with van der Waals surface area (Å²) in [5.74, 6) is -0.252. The van der Waals surface area contributed by atoms with Crippen molar-refractivity contribution in [2.45, 2.75) is 51.5 Å². The third-order valence-electron chi connectivity index (χ3n) is 6.80. The van der Waals surface area contributed by atoms with E-state index in [0.717, 1.165) is 30.4 Å². The number of anilines is 2. The predicted octanol–water partition coefficient (Wildman–Crippen LogP) is 6.77. The number of benzene rings is 1. The summed E-state index contributed by atoms with van der Waals surface area (Å²) < 4.78 is 14.5. The van der Waals surface area contributed by atoms with E-state index in [-0.39, 0.29) is 24.1 Å². The van der Waals surface area contributed by atoms with E-state index in [2.05, 4.69) is 27.2 Å². The predicted molar refractivity (Wildman–Crippen MR) is 146 cm³/mol. The molecule has 2 heterocycles. The average Bonchev–Trinajstić information content (AvgIpc) is 2.90. The Kier molecular flexibility index (Phi) is 8.90. The van der Waals surface area contributed by atoms with Gasteiger partial charge in [-0.15, -0.1) is 0 Å². The molecule has 194 valence electrons. The van der Waals surface area contributed by atoms with Crippen molar-refractivity contribution in [3.63, 3.8) is 0 Å². The lowest BCUT2D eigenvalue weighted by atomic mass is 9.85. The lowest BCUT2D eigenvalue weighted by molar-refractivity contribution is 0.0902. The highest BCUT2D eigenvalue weighted by Crippen LogP contribution is 2.33. The summed E-state index contributed by atoms with van der Waals surface area (Å²) in [6, 6.07) is 7.39. The van der Waals surface area contributed by atoms with Crippen LogP contribution in [0.25, 0.3) is 16.8 Å². The smallest absolute Gasteiger partial charge is 0.255 e. The Morgan fingerprint density at radius 3 is 2.68 bits per heavy atom. The summed E-state index contributed by atoms with van der Waals surface area (Å²) >= 11 is 6.10. The summed E-state index contributed by atoms with van der Waals surface area (Å²) in [7, 11) is 0. The minimum absolute atomic E-state index is 0.121. The molecule has 1 aliphatic carbocycles. The number of carbonyl (C=O) groups is 1. The van der Waals surface area contributed by atoms with Crippen LogP contribution in [0.4, 0.5) is 15.8 Å². The number of halogens is 2. The SMILES string of the molecule is C=C(C)c1cnc(-c2cc(Cl)ccc2F)cc1Nc1ccncc1C(=O)N[C@H](CO)CC1CCCCC1. The van der Waals surface area contributed by atoms with E-state index in [1.165, 1.54) is 43.7 Å². The third-order valence-corrected chi connectivity index (χ3v) is 7.04. The molecule has 0 radical (unpaired) electrons. The zero-order valence-corrected chi connectivity index (χ0v) is 21.7. The number of rotatable bonds is 9. The van der Waals surface area contributed by atoms with Gasteiger partial charge >= 0.3 is 0 Å². The molecular weight excluding hydrogens is 491 g/mol. The van der Waals surface area contributed by atoms with Crippen molar-refractivity contribution in [2.24, 2.45) is 5.92 Å². The van der Waals surface area contributed by atoms with E-state index in [0.29, 0.717) is 33.6 Å². The highest BCUT2D eigenvalue weighted by molar-refractivity contribution is 6.30. The van der Waals surface area contributed by atoms with Gasteiger partial charge in [0.15, 0.2) is 0 Å². The summed E-state index contributed by atoms with van der Waals surface area (Å²) in [5, 5.41) is 16.6. The van der Waals surface area contributed by atoms with E-state index in [9.17, 15) is 14.3 Å². The van der Waals surface area contributed by atoms with Crippen LogP contribution in [0.2, 0.25) is 5.02 Å². The first-order chi connectivity index (χ1) is 17.9. The number of nitrogens with one attached hydrogen (secondary N) is 2. The van der Waals surface area contributed by atoms with E-state index in [1.54, 1.807) is 24.5 Å². The Morgan fingerprint density at radius 1 is 1.16 bits per heavy atom. The van der Waals surface area contributed by atoms with Crippen molar-refractivity contribution in [3.8, 4) is 11.3 Å². The van der Waals surface area contributed by atoms with Gasteiger partial charge in [0.05, 0.1) is 29.6 Å². The molecule has 1 aliphatic rings. The minimum Gasteiger partial charge on any atom is -0.394 e. The molecule has 0 bridgehead atoms. The maximum Gasteiger partial charge on any atom is 0.255 e. The van der Waals surface area contributed by atoms with Crippen LogP contribution in [0.5, 0.6) is 0 Å². The monoisotopic (exact) mass is 522 g/mol. The number of pyridine rings is 2. The quantitative estimate of drug-likeness (QED) is 0.288. The fraction of sp³-hybridized carbons (Fsp3) is 0.345. The number of hydrogen-bond acceptors (Lipinski definition) is 5. The van der Waals surface area contributed by atoms with Gasteiger partial charge < -0.3 is 15.7 Å². The molecular formula is C29H32ClFN4O2. The van der Waals surface area contributed by atoms with Crippen LogP contribution in [0.1, 0.15) is 61.4 Å². The van der Waals surface area contributed by atoms with Crippen LogP contribution >= 0.6 is 11.6 Å². The number of hydrogen-bond donors (Lipinski definition) is 3. The van der Waals surface area contributed by atoms with Crippen LogP contribution in [0.15, 0.2) is 55.5 Å². The van der Waals surface area contributed by atoms with Crippen molar-refractivity contribution in [1.29, 1.82) is 0 Å². The molecule has 3 aromatic rings. The average molecular weight is 523 g/mol. The number of allylic oxidation sites excluding steroid dienone is 1. The van der Waals surface area contributed by atoms with Gasteiger partial charge in [-0.3, -0.25) is 14.8 Å². The molecule has 3 N–H and O–H groups in total. The van der Waals surface area contributed by atoms with Crippen LogP contribution in [0, 0.1) is 11.7 Å². The van der Waals surface area contributed by atoms with E-state index >= 15 is 0 Å². The van der Waals surface area contributed by atoms with Gasteiger partial charge in [-0.05, 0) is 55.2 Å². The van der Waals surface area contributed by atoms with Crippen molar-refractivity contribution in [3.05, 3.63) is 77.5 Å². The highest BCUT2D eigenvalue weighted by Gasteiger charge is 2.22. The Balaban J connectivity index is 1.60. The number of aliphatic hydroxyl groups excluding tert-OH is 1. The van der Waals surface area contributed by atoms with Crippen LogP contribution in [-0.2, 0) is 0 Å². The molecule has 1 amide bonds. The first kappa shape index (κ1) is 26.8. The lowest BCUT2D eigenvalue weighted by Gasteiger charge is -2.26. The number of carbonyl (C=O) groups excluding carboxylic acids is 1. The molecule has 0 spiro atoms. The Labute approximate surface area is 222 Å². The van der Waals surface area contributed by atoms with Crippen molar-refractivity contribution < 1.29 is 14.3 Å². The second-order valence-electron chi connectivity index (χ2n) is 9.66. The highest BCUT2D eigenvalue weighted by atomic mass is 35.5. The summed E-state index contributed by atoms with van der Waals surface area (Å²) in [6.45, 7) is 5.76. The van der Waals surface area contributed by atoms with Gasteiger partial charge in [0.2, 0.25) is 0 Å². The maximum absolute atomic E-state index is 14.5. The molecule has 1 fully saturated rings. The van der Waals surface area contributed by atoms with Gasteiger partial charge in [0.25, 0.3) is 5.91 Å². The number of amides is 1. The molecule has 2 aromatic heterocycles. The fourth-order valence-electron chi connectivity index (χ4n) is 4.84. The molecule has 1 saturated carbocycles. The first-order valence-electron chi connectivity index (χ1n) is 12.6. The van der Waals surface area contributed by atoms with Gasteiger partial charge in [0.1, 0.15) is 5.82 Å². The molecule has 37 heavy (non-hydrogen) atoms. The lowest BCUT2D eigenvalue weighted by Crippen LogP contribution is -2.39. The standard InChI is InChI=1S/C29H32ClFN4O2/c1-18(2)23-16-33-27(22-13-20(30)8-9-25(22)31)14-28(23)35-26-10-11-32-15-24(26)29(37)34-21(17-36)12-19-6-4-3-5-7-19/h8-11,13-16,19,21,36H,1,3-7,12,17H2,2H3,(H,34,37)(H,32,33,35)/t21-/m0/s1. The third kappa shape index (κ3) is 6.73. The fourth-order valence-corrected chi connectivity index (χ4v) is 5.01. The molecule has 1 atom stereocenters. The van der Waals surface area contributed by atoms with Crippen LogP contribution in [-0.4, -0.2) is 33.6 Å². The van der Waals surface area contributed by atoms with Crippen LogP contribution < -0.4 is 10.6 Å². The maximum atomic E-state index is 14.5. The summed E-state index contributed by atoms with van der Waals surface area (Å²) in [6.07, 6.45) is 11.4. The van der Waals surface area contributed by atoms with E-state index in [4.69, 9.17) is 11.6 Å². The molecule has 0 unspecified atom stereocenters. The largest absolute Gasteiger partial charge is 0.394 e. The normalized spacial score (nSPS) is 14.7. The summed E-state index contributed by atoms with van der Waals surface area (Å²) in [4.78, 5) is 21.8. The van der Waals surface area contributed by atoms with Gasteiger partial charge in [-0.2, -0.15) is 0 Å². The molecule has 4 rings (SSSR count). The van der Waals surface area contributed by atoms with Crippen LogP contribution in [0.3, 0.4) is 0 Å². The molecule has 1 aromatic carbocycles. The molecule has 0 aliphatic heterocycles. The zero-order valence-electron chi connectivity index (χ0n) is 20.9. The number of aliphatic hydroxyl groups is 1. The van der Waals surface area contributed by atoms with Crippen molar-refractivity contribution in [1.82, 2.24) is 15.3 Å². The van der Waals surface area contributed by atoms with Gasteiger partial charge in [-0.1, -0.05) is 50.3 Å². The van der Waals surface area contributed by atoms with E-state index in [1.807, 2.05) is 6.92 Å². The summed E-state index contributed by atoms with van der Waals surface area (Å²) in [5.41, 5.74) is 3.60.